The molecule has 2 aromatic carbocycles. The fourth-order valence-corrected chi connectivity index (χ4v) is 4.67. The van der Waals surface area contributed by atoms with Gasteiger partial charge in [-0.3, -0.25) is 0 Å². The Morgan fingerprint density at radius 1 is 1.18 bits per heavy atom. The molecule has 8 heteroatoms. The summed E-state index contributed by atoms with van der Waals surface area (Å²) in [5.74, 6) is 0.301. The zero-order valence-corrected chi connectivity index (χ0v) is 19.2. The average Bonchev–Trinajstić information content (AvgIpc) is 3.14. The fourth-order valence-electron chi connectivity index (χ4n) is 4.67. The molecule has 0 unspecified atom stereocenters. The van der Waals surface area contributed by atoms with Crippen molar-refractivity contribution >= 4 is 11.9 Å². The topological polar surface area (TPSA) is 51.9 Å². The molecule has 2 aliphatic rings. The van der Waals surface area contributed by atoms with Crippen molar-refractivity contribution in [2.45, 2.75) is 32.2 Å². The van der Waals surface area contributed by atoms with E-state index in [2.05, 4.69) is 21.1 Å². The van der Waals surface area contributed by atoms with Crippen LogP contribution in [0.2, 0.25) is 0 Å². The summed E-state index contributed by atoms with van der Waals surface area (Å²) < 4.78 is 35.7. The third-order valence-corrected chi connectivity index (χ3v) is 6.27. The maximum Gasteiger partial charge on any atom is 0.171 e. The zero-order chi connectivity index (χ0) is 23.7. The number of oxime groups is 1. The average molecular weight is 465 g/mol. The second kappa shape index (κ2) is 9.29. The van der Waals surface area contributed by atoms with Crippen molar-refractivity contribution in [1.29, 1.82) is 0 Å². The van der Waals surface area contributed by atoms with Crippen LogP contribution in [-0.2, 0) is 4.84 Å². The number of hydrogen-bond acceptors (Lipinski definition) is 5. The van der Waals surface area contributed by atoms with Crippen molar-refractivity contribution in [2.24, 2.45) is 5.16 Å². The number of aryl methyl sites for hydroxylation is 1. The molecule has 0 saturated carbocycles. The van der Waals surface area contributed by atoms with Crippen molar-refractivity contribution in [3.05, 3.63) is 83.0 Å². The molecule has 0 spiro atoms. The second-order valence-electron chi connectivity index (χ2n) is 8.54. The summed E-state index contributed by atoms with van der Waals surface area (Å²) >= 11 is 0. The van der Waals surface area contributed by atoms with Gasteiger partial charge in [-0.15, -0.1) is 0 Å². The summed E-state index contributed by atoms with van der Waals surface area (Å²) in [6.45, 7) is 3.03. The fraction of sp³-hybridized carbons (Fsp3) is 0.308. The largest absolute Gasteiger partial charge is 0.495 e. The molecule has 1 fully saturated rings. The number of amidine groups is 1. The number of aromatic nitrogens is 2. The molecule has 0 aliphatic carbocycles. The van der Waals surface area contributed by atoms with E-state index in [0.717, 1.165) is 53.7 Å². The molecule has 0 bridgehead atoms. The van der Waals surface area contributed by atoms with Crippen molar-refractivity contribution in [3.63, 3.8) is 0 Å². The molecule has 6 nitrogen and oxygen atoms in total. The minimum Gasteiger partial charge on any atom is -0.495 e. The van der Waals surface area contributed by atoms with Crippen molar-refractivity contribution < 1.29 is 18.4 Å². The molecule has 0 amide bonds. The van der Waals surface area contributed by atoms with Gasteiger partial charge in [-0.2, -0.15) is 0 Å². The summed E-state index contributed by atoms with van der Waals surface area (Å²) in [6.07, 6.45) is 8.06. The van der Waals surface area contributed by atoms with Crippen molar-refractivity contribution in [3.8, 4) is 11.4 Å². The summed E-state index contributed by atoms with van der Waals surface area (Å²) in [5.41, 5.74) is 4.26. The van der Waals surface area contributed by atoms with Crippen LogP contribution >= 0.6 is 0 Å². The highest BCUT2D eigenvalue weighted by atomic mass is 19.1. The molecular formula is C26H26F2N4O2. The minimum atomic E-state index is -0.581. The van der Waals surface area contributed by atoms with Crippen LogP contribution in [0.4, 0.5) is 8.78 Å². The third kappa shape index (κ3) is 4.27. The van der Waals surface area contributed by atoms with Crippen molar-refractivity contribution in [2.75, 3.05) is 20.3 Å². The van der Waals surface area contributed by atoms with Gasteiger partial charge in [0.25, 0.3) is 0 Å². The Morgan fingerprint density at radius 3 is 2.82 bits per heavy atom. The molecule has 0 N–H and O–H groups in total. The number of hydrogen-bond donors (Lipinski definition) is 0. The molecule has 5 rings (SSSR count). The highest BCUT2D eigenvalue weighted by Crippen LogP contribution is 2.35. The molecular weight excluding hydrogens is 438 g/mol. The first-order chi connectivity index (χ1) is 16.5. The van der Waals surface area contributed by atoms with E-state index in [0.29, 0.717) is 24.4 Å². The van der Waals surface area contributed by atoms with Crippen LogP contribution in [0.1, 0.15) is 42.1 Å². The van der Waals surface area contributed by atoms with Gasteiger partial charge in [0, 0.05) is 30.8 Å². The van der Waals surface area contributed by atoms with E-state index in [4.69, 9.17) is 9.57 Å². The van der Waals surface area contributed by atoms with Crippen LogP contribution < -0.4 is 4.74 Å². The third-order valence-electron chi connectivity index (χ3n) is 6.27. The zero-order valence-electron chi connectivity index (χ0n) is 19.2. The molecule has 2 aliphatic heterocycles. The Bertz CT molecular complexity index is 1270. The van der Waals surface area contributed by atoms with Gasteiger partial charge in [0.05, 0.1) is 30.9 Å². The Balaban J connectivity index is 1.48. The number of methoxy groups -OCH3 is 1. The Kier molecular flexibility index (Phi) is 6.04. The maximum atomic E-state index is 14.7. The summed E-state index contributed by atoms with van der Waals surface area (Å²) in [5, 5.41) is 4.39. The standard InChI is InChI=1S/C26H26F2N4O2/c1-17-15-31(16-29-17)24-8-5-18(13-25(24)33-2)12-19-4-3-10-32-23(9-11-34-30-26(19)32)21-7-6-20(27)14-22(21)28/h5-8,12-16,23H,3-4,9-11H2,1-2H3/t23-/m0/s1. The van der Waals surface area contributed by atoms with Gasteiger partial charge in [0.1, 0.15) is 24.0 Å². The van der Waals surface area contributed by atoms with Gasteiger partial charge in [-0.25, -0.2) is 13.8 Å². The highest BCUT2D eigenvalue weighted by Gasteiger charge is 2.32. The lowest BCUT2D eigenvalue weighted by atomic mass is 9.94. The number of benzene rings is 2. The molecule has 0 radical (unpaired) electrons. The van der Waals surface area contributed by atoms with Gasteiger partial charge in [-0.05, 0) is 55.2 Å². The molecule has 1 saturated heterocycles. The second-order valence-corrected chi connectivity index (χ2v) is 8.54. The summed E-state index contributed by atoms with van der Waals surface area (Å²) in [7, 11) is 1.65. The molecule has 176 valence electrons. The van der Waals surface area contributed by atoms with Gasteiger partial charge in [0.15, 0.2) is 5.84 Å². The van der Waals surface area contributed by atoms with E-state index < -0.39 is 11.6 Å². The first kappa shape index (κ1) is 22.1. The number of imidazole rings is 1. The minimum absolute atomic E-state index is 0.271. The number of piperidine rings is 1. The smallest absolute Gasteiger partial charge is 0.171 e. The summed E-state index contributed by atoms with van der Waals surface area (Å²) in [6, 6.07) is 9.49. The predicted molar refractivity (Wildman–Crippen MR) is 126 cm³/mol. The maximum absolute atomic E-state index is 14.7. The van der Waals surface area contributed by atoms with E-state index in [1.807, 2.05) is 35.9 Å². The van der Waals surface area contributed by atoms with Crippen molar-refractivity contribution in [1.82, 2.24) is 14.5 Å². The van der Waals surface area contributed by atoms with E-state index in [9.17, 15) is 8.78 Å². The first-order valence-corrected chi connectivity index (χ1v) is 11.3. The number of fused-ring (bicyclic) bond motifs is 1. The van der Waals surface area contributed by atoms with Crippen LogP contribution in [0.3, 0.4) is 0 Å². The van der Waals surface area contributed by atoms with Crippen LogP contribution in [0.15, 0.2) is 59.7 Å². The molecule has 34 heavy (non-hydrogen) atoms. The number of halogens is 2. The van der Waals surface area contributed by atoms with Gasteiger partial charge < -0.3 is 19.0 Å². The monoisotopic (exact) mass is 464 g/mol. The Morgan fingerprint density at radius 2 is 2.06 bits per heavy atom. The number of rotatable bonds is 4. The van der Waals surface area contributed by atoms with E-state index in [-0.39, 0.29) is 6.04 Å². The number of ether oxygens (including phenoxy) is 1. The SMILES string of the molecule is COc1cc(C=C2CCCN3C2=NOCC[C@H]3c2ccc(F)cc2F)ccc1-n1cnc(C)c1. The van der Waals surface area contributed by atoms with Crippen LogP contribution in [-0.4, -0.2) is 40.5 Å². The first-order valence-electron chi connectivity index (χ1n) is 11.3. The summed E-state index contributed by atoms with van der Waals surface area (Å²) in [4.78, 5) is 11.9. The lowest BCUT2D eigenvalue weighted by Crippen LogP contribution is -2.39. The molecule has 1 aromatic heterocycles. The Labute approximate surface area is 197 Å². The molecule has 3 aromatic rings. The van der Waals surface area contributed by atoms with Crippen LogP contribution in [0.25, 0.3) is 11.8 Å². The van der Waals surface area contributed by atoms with Crippen LogP contribution in [0, 0.1) is 18.6 Å². The van der Waals surface area contributed by atoms with Gasteiger partial charge >= 0.3 is 0 Å². The van der Waals surface area contributed by atoms with Gasteiger partial charge in [0.2, 0.25) is 0 Å². The lowest BCUT2D eigenvalue weighted by molar-refractivity contribution is 0.140. The van der Waals surface area contributed by atoms with E-state index in [1.54, 1.807) is 13.4 Å². The molecule has 1 atom stereocenters. The molecule has 3 heterocycles. The lowest BCUT2D eigenvalue weighted by Gasteiger charge is -2.36. The normalized spacial score (nSPS) is 19.3. The predicted octanol–water partition coefficient (Wildman–Crippen LogP) is 5.42. The quantitative estimate of drug-likeness (QED) is 0.517. The Hall–Kier alpha value is -3.68. The number of nitrogens with zero attached hydrogens (tertiary/aromatic N) is 4. The van der Waals surface area contributed by atoms with E-state index >= 15 is 0 Å². The highest BCUT2D eigenvalue weighted by molar-refractivity contribution is 6.02. The van der Waals surface area contributed by atoms with Gasteiger partial charge in [-0.1, -0.05) is 17.3 Å². The van der Waals surface area contributed by atoms with E-state index in [1.165, 1.54) is 12.1 Å². The van der Waals surface area contributed by atoms with Crippen LogP contribution in [0.5, 0.6) is 5.75 Å².